The van der Waals surface area contributed by atoms with E-state index in [4.69, 9.17) is 5.73 Å². The highest BCUT2D eigenvalue weighted by molar-refractivity contribution is 6.39. The summed E-state index contributed by atoms with van der Waals surface area (Å²) in [6.07, 6.45) is 2.34. The SMILES string of the molecule is NC(=O)C(c1ccccc1)N1CCN(C(=O)C(=O)Nc2cccc(N3CCCCC3=O)c2)CC1. The number of benzene rings is 2. The van der Waals surface area contributed by atoms with Crippen LogP contribution in [0.4, 0.5) is 11.4 Å². The van der Waals surface area contributed by atoms with Gasteiger partial charge in [-0.3, -0.25) is 24.1 Å². The van der Waals surface area contributed by atoms with Crippen molar-refractivity contribution in [1.29, 1.82) is 0 Å². The Balaban J connectivity index is 1.35. The largest absolute Gasteiger partial charge is 0.368 e. The van der Waals surface area contributed by atoms with Gasteiger partial charge in [0.15, 0.2) is 0 Å². The van der Waals surface area contributed by atoms with Gasteiger partial charge in [0.2, 0.25) is 11.8 Å². The molecular weight excluding hydrogens is 434 g/mol. The van der Waals surface area contributed by atoms with E-state index in [-0.39, 0.29) is 5.91 Å². The number of nitrogens with two attached hydrogens (primary N) is 1. The number of piperazine rings is 1. The Kier molecular flexibility index (Phi) is 7.22. The molecule has 4 rings (SSSR count). The average Bonchev–Trinajstić information content (AvgIpc) is 2.85. The molecule has 2 aliphatic heterocycles. The molecule has 1 atom stereocenters. The van der Waals surface area contributed by atoms with Gasteiger partial charge in [0.1, 0.15) is 6.04 Å². The van der Waals surface area contributed by atoms with E-state index >= 15 is 0 Å². The van der Waals surface area contributed by atoms with Crippen molar-refractivity contribution in [3.63, 3.8) is 0 Å². The van der Waals surface area contributed by atoms with Crippen LogP contribution in [0.25, 0.3) is 0 Å². The lowest BCUT2D eigenvalue weighted by Gasteiger charge is -2.38. The topological polar surface area (TPSA) is 116 Å². The monoisotopic (exact) mass is 463 g/mol. The summed E-state index contributed by atoms with van der Waals surface area (Å²) >= 11 is 0. The summed E-state index contributed by atoms with van der Waals surface area (Å²) in [5, 5.41) is 2.66. The first-order valence-electron chi connectivity index (χ1n) is 11.5. The van der Waals surface area contributed by atoms with Crippen molar-refractivity contribution < 1.29 is 19.2 Å². The summed E-state index contributed by atoms with van der Waals surface area (Å²) < 4.78 is 0. The molecule has 9 heteroatoms. The van der Waals surface area contributed by atoms with Crippen LogP contribution in [0.5, 0.6) is 0 Å². The van der Waals surface area contributed by atoms with Crippen LogP contribution in [0.3, 0.4) is 0 Å². The van der Waals surface area contributed by atoms with Crippen molar-refractivity contribution in [3.05, 3.63) is 60.2 Å². The molecule has 3 N–H and O–H groups in total. The molecule has 0 saturated carbocycles. The molecule has 2 heterocycles. The number of rotatable bonds is 5. The highest BCUT2D eigenvalue weighted by atomic mass is 16.2. The zero-order valence-electron chi connectivity index (χ0n) is 19.0. The predicted octanol–water partition coefficient (Wildman–Crippen LogP) is 1.51. The molecule has 2 aliphatic rings. The van der Waals surface area contributed by atoms with E-state index < -0.39 is 23.8 Å². The minimum atomic E-state index is -0.731. The quantitative estimate of drug-likeness (QED) is 0.652. The number of hydrogen-bond acceptors (Lipinski definition) is 5. The van der Waals surface area contributed by atoms with Crippen molar-refractivity contribution in [1.82, 2.24) is 9.80 Å². The number of piperidine rings is 1. The van der Waals surface area contributed by atoms with Crippen LogP contribution in [0.1, 0.15) is 30.9 Å². The Hall–Kier alpha value is -3.72. The van der Waals surface area contributed by atoms with Crippen molar-refractivity contribution >= 4 is 35.0 Å². The molecule has 34 heavy (non-hydrogen) atoms. The molecule has 0 bridgehead atoms. The average molecular weight is 464 g/mol. The molecule has 1 unspecified atom stereocenters. The molecule has 0 aromatic heterocycles. The number of carbonyl (C=O) groups excluding carboxylic acids is 4. The predicted molar refractivity (Wildman–Crippen MR) is 128 cm³/mol. The van der Waals surface area contributed by atoms with Crippen LogP contribution in [-0.4, -0.2) is 66.2 Å². The van der Waals surface area contributed by atoms with Crippen LogP contribution >= 0.6 is 0 Å². The normalized spacial score (nSPS) is 17.8. The van der Waals surface area contributed by atoms with Gasteiger partial charge in [-0.1, -0.05) is 36.4 Å². The third kappa shape index (κ3) is 5.26. The van der Waals surface area contributed by atoms with Crippen LogP contribution < -0.4 is 16.0 Å². The molecule has 2 fully saturated rings. The molecule has 2 aromatic rings. The van der Waals surface area contributed by atoms with Gasteiger partial charge in [-0.25, -0.2) is 0 Å². The van der Waals surface area contributed by atoms with Gasteiger partial charge in [-0.05, 0) is 36.6 Å². The lowest BCUT2D eigenvalue weighted by Crippen LogP contribution is -2.53. The summed E-state index contributed by atoms with van der Waals surface area (Å²) in [6.45, 7) is 2.12. The smallest absolute Gasteiger partial charge is 0.313 e. The number of hydrogen-bond donors (Lipinski definition) is 2. The minimum absolute atomic E-state index is 0.0634. The standard InChI is InChI=1S/C25H29N5O4/c26-23(32)22(18-7-2-1-3-8-18)28-13-15-29(16-14-28)25(34)24(33)27-19-9-6-10-20(17-19)30-12-5-4-11-21(30)31/h1-3,6-10,17,22H,4-5,11-16H2,(H2,26,32)(H,27,33). The molecule has 2 saturated heterocycles. The highest BCUT2D eigenvalue weighted by Gasteiger charge is 2.32. The third-order valence-corrected chi connectivity index (χ3v) is 6.28. The molecule has 0 radical (unpaired) electrons. The van der Waals surface area contributed by atoms with E-state index in [2.05, 4.69) is 5.32 Å². The Morgan fingerprint density at radius 1 is 0.882 bits per heavy atom. The first kappa shape index (κ1) is 23.4. The summed E-state index contributed by atoms with van der Waals surface area (Å²) in [7, 11) is 0. The van der Waals surface area contributed by atoms with Crippen LogP contribution in [0.15, 0.2) is 54.6 Å². The van der Waals surface area contributed by atoms with Gasteiger partial charge < -0.3 is 20.9 Å². The number of amides is 4. The van der Waals surface area contributed by atoms with E-state index in [1.807, 2.05) is 41.3 Å². The van der Waals surface area contributed by atoms with Crippen molar-refractivity contribution in [2.45, 2.75) is 25.3 Å². The lowest BCUT2D eigenvalue weighted by atomic mass is 10.0. The number of nitrogens with zero attached hydrogens (tertiary/aromatic N) is 3. The molecule has 2 aromatic carbocycles. The first-order chi connectivity index (χ1) is 16.4. The lowest BCUT2D eigenvalue weighted by molar-refractivity contribution is -0.144. The second kappa shape index (κ2) is 10.5. The summed E-state index contributed by atoms with van der Waals surface area (Å²) in [6, 6.07) is 15.7. The number of carbonyl (C=O) groups is 4. The number of anilines is 2. The van der Waals surface area contributed by atoms with E-state index in [1.165, 1.54) is 4.90 Å². The maximum Gasteiger partial charge on any atom is 0.313 e. The van der Waals surface area contributed by atoms with E-state index in [0.29, 0.717) is 50.5 Å². The van der Waals surface area contributed by atoms with E-state index in [9.17, 15) is 19.2 Å². The zero-order valence-corrected chi connectivity index (χ0v) is 19.0. The van der Waals surface area contributed by atoms with Crippen molar-refractivity contribution in [3.8, 4) is 0 Å². The highest BCUT2D eigenvalue weighted by Crippen LogP contribution is 2.25. The van der Waals surface area contributed by atoms with Gasteiger partial charge in [0.05, 0.1) is 0 Å². The summed E-state index contributed by atoms with van der Waals surface area (Å²) in [5.74, 6) is -1.75. The van der Waals surface area contributed by atoms with Crippen LogP contribution in [0, 0.1) is 0 Å². The molecule has 0 aliphatic carbocycles. The third-order valence-electron chi connectivity index (χ3n) is 6.28. The fraction of sp³-hybridized carbons (Fsp3) is 0.360. The minimum Gasteiger partial charge on any atom is -0.368 e. The molecule has 0 spiro atoms. The fourth-order valence-corrected chi connectivity index (χ4v) is 4.53. The summed E-state index contributed by atoms with van der Waals surface area (Å²) in [5.41, 5.74) is 7.63. The second-order valence-electron chi connectivity index (χ2n) is 8.55. The number of primary amides is 1. The van der Waals surface area contributed by atoms with E-state index in [0.717, 1.165) is 18.4 Å². The van der Waals surface area contributed by atoms with Crippen LogP contribution in [-0.2, 0) is 19.2 Å². The molecule has 178 valence electrons. The molecular formula is C25H29N5O4. The van der Waals surface area contributed by atoms with Gasteiger partial charge in [-0.15, -0.1) is 0 Å². The zero-order chi connectivity index (χ0) is 24.1. The Morgan fingerprint density at radius 3 is 2.29 bits per heavy atom. The van der Waals surface area contributed by atoms with Gasteiger partial charge in [-0.2, -0.15) is 0 Å². The maximum atomic E-state index is 12.8. The van der Waals surface area contributed by atoms with Crippen molar-refractivity contribution in [2.75, 3.05) is 42.9 Å². The molecule has 4 amide bonds. The molecule has 9 nitrogen and oxygen atoms in total. The van der Waals surface area contributed by atoms with Gasteiger partial charge in [0.25, 0.3) is 0 Å². The summed E-state index contributed by atoms with van der Waals surface area (Å²) in [4.78, 5) is 54.8. The Morgan fingerprint density at radius 2 is 1.62 bits per heavy atom. The first-order valence-corrected chi connectivity index (χ1v) is 11.5. The Labute approximate surface area is 198 Å². The van der Waals surface area contributed by atoms with Crippen molar-refractivity contribution in [2.24, 2.45) is 5.73 Å². The van der Waals surface area contributed by atoms with Gasteiger partial charge in [0, 0.05) is 50.5 Å². The maximum absolute atomic E-state index is 12.8. The van der Waals surface area contributed by atoms with E-state index in [1.54, 1.807) is 23.1 Å². The van der Waals surface area contributed by atoms with Gasteiger partial charge >= 0.3 is 11.8 Å². The Bertz CT molecular complexity index is 1070. The number of nitrogens with one attached hydrogen (secondary N) is 1. The second-order valence-corrected chi connectivity index (χ2v) is 8.55. The van der Waals surface area contributed by atoms with Crippen LogP contribution in [0.2, 0.25) is 0 Å². The fourth-order valence-electron chi connectivity index (χ4n) is 4.53.